The van der Waals surface area contributed by atoms with E-state index in [1.54, 1.807) is 0 Å². The quantitative estimate of drug-likeness (QED) is 0.639. The van der Waals surface area contributed by atoms with Gasteiger partial charge in [-0.25, -0.2) is 5.53 Å². The molecule has 0 aromatic heterocycles. The predicted octanol–water partition coefficient (Wildman–Crippen LogP) is 3.69. The van der Waals surface area contributed by atoms with E-state index in [1.807, 2.05) is 6.92 Å². The second-order valence-corrected chi connectivity index (χ2v) is 5.69. The lowest BCUT2D eigenvalue weighted by atomic mass is 10.0. The summed E-state index contributed by atoms with van der Waals surface area (Å²) in [5.74, 6) is 0.769. The third-order valence-corrected chi connectivity index (χ3v) is 3.91. The van der Waals surface area contributed by atoms with Gasteiger partial charge in [-0.15, -0.1) is 5.10 Å². The first-order chi connectivity index (χ1) is 10.7. The zero-order chi connectivity index (χ0) is 16.4. The minimum absolute atomic E-state index is 0.0505. The Morgan fingerprint density at radius 3 is 2.50 bits per heavy atom. The van der Waals surface area contributed by atoms with Crippen molar-refractivity contribution in [1.82, 2.24) is 15.9 Å². The highest BCUT2D eigenvalue weighted by Gasteiger charge is 2.22. The molecule has 126 valence electrons. The van der Waals surface area contributed by atoms with Gasteiger partial charge in [-0.1, -0.05) is 40.0 Å². The maximum absolute atomic E-state index is 11.9. The molecule has 0 aromatic rings. The molecule has 1 aliphatic rings. The van der Waals surface area contributed by atoms with Crippen LogP contribution in [0.5, 0.6) is 0 Å². The predicted molar refractivity (Wildman–Crippen MR) is 92.1 cm³/mol. The molecule has 5 heteroatoms. The SMILES string of the molecule is CCCCCCC1=C(CC)N(CC)NN=C1NC(=O)CCC. The second kappa shape index (κ2) is 10.2. The number of hydrazine groups is 1. The van der Waals surface area contributed by atoms with Crippen LogP contribution in [0.2, 0.25) is 0 Å². The molecule has 0 bridgehead atoms. The fraction of sp³-hybridized carbons (Fsp3) is 0.765. The Hall–Kier alpha value is -1.52. The molecular weight excluding hydrogens is 276 g/mol. The van der Waals surface area contributed by atoms with Gasteiger partial charge in [-0.05, 0) is 32.6 Å². The van der Waals surface area contributed by atoms with Gasteiger partial charge in [0.1, 0.15) is 0 Å². The van der Waals surface area contributed by atoms with Crippen molar-refractivity contribution in [2.75, 3.05) is 6.54 Å². The number of nitrogens with zero attached hydrogens (tertiary/aromatic N) is 2. The summed E-state index contributed by atoms with van der Waals surface area (Å²) in [5, 5.41) is 9.44. The van der Waals surface area contributed by atoms with Gasteiger partial charge in [0.05, 0.1) is 0 Å². The van der Waals surface area contributed by atoms with Crippen LogP contribution < -0.4 is 10.9 Å². The molecule has 0 unspecified atom stereocenters. The van der Waals surface area contributed by atoms with Crippen molar-refractivity contribution in [3.8, 4) is 0 Å². The number of hydrogen-bond donors (Lipinski definition) is 2. The van der Waals surface area contributed by atoms with Crippen molar-refractivity contribution in [2.24, 2.45) is 5.10 Å². The van der Waals surface area contributed by atoms with E-state index in [9.17, 15) is 4.79 Å². The van der Waals surface area contributed by atoms with Gasteiger partial charge in [-0.2, -0.15) is 0 Å². The Morgan fingerprint density at radius 1 is 1.14 bits per heavy atom. The molecule has 22 heavy (non-hydrogen) atoms. The molecule has 0 atom stereocenters. The molecule has 0 spiro atoms. The first kappa shape index (κ1) is 18.5. The van der Waals surface area contributed by atoms with Crippen molar-refractivity contribution >= 4 is 11.7 Å². The summed E-state index contributed by atoms with van der Waals surface area (Å²) in [6, 6.07) is 0. The van der Waals surface area contributed by atoms with Crippen molar-refractivity contribution in [3.05, 3.63) is 11.3 Å². The molecule has 0 aliphatic carbocycles. The number of nitrogens with one attached hydrogen (secondary N) is 2. The van der Waals surface area contributed by atoms with Gasteiger partial charge in [-0.3, -0.25) is 9.80 Å². The highest BCUT2D eigenvalue weighted by molar-refractivity contribution is 6.08. The Bertz CT molecular complexity index is 415. The zero-order valence-electron chi connectivity index (χ0n) is 14.7. The van der Waals surface area contributed by atoms with E-state index in [0.29, 0.717) is 6.42 Å². The molecule has 0 fully saturated rings. The first-order valence-electron chi connectivity index (χ1n) is 8.80. The van der Waals surface area contributed by atoms with Crippen LogP contribution in [0.3, 0.4) is 0 Å². The number of carbonyl (C=O) groups excluding carboxylic acids is 1. The zero-order valence-corrected chi connectivity index (χ0v) is 14.7. The number of unbranched alkanes of at least 4 members (excludes halogenated alkanes) is 3. The highest BCUT2D eigenvalue weighted by atomic mass is 16.1. The fourth-order valence-corrected chi connectivity index (χ4v) is 2.72. The number of amidine groups is 1. The fourth-order valence-electron chi connectivity index (χ4n) is 2.72. The van der Waals surface area contributed by atoms with Gasteiger partial charge >= 0.3 is 0 Å². The molecule has 1 aliphatic heterocycles. The van der Waals surface area contributed by atoms with Crippen molar-refractivity contribution in [2.45, 2.75) is 79.1 Å². The van der Waals surface area contributed by atoms with Crippen LogP contribution >= 0.6 is 0 Å². The molecule has 2 N–H and O–H groups in total. The van der Waals surface area contributed by atoms with Crippen molar-refractivity contribution < 1.29 is 4.79 Å². The average molecular weight is 308 g/mol. The monoisotopic (exact) mass is 308 g/mol. The molecular formula is C17H32N4O. The number of rotatable bonds is 9. The number of hydrazone groups is 1. The number of amides is 1. The van der Waals surface area contributed by atoms with E-state index in [1.165, 1.54) is 30.5 Å². The van der Waals surface area contributed by atoms with Crippen LogP contribution in [-0.4, -0.2) is 23.3 Å². The summed E-state index contributed by atoms with van der Waals surface area (Å²) in [7, 11) is 0. The maximum atomic E-state index is 11.9. The highest BCUT2D eigenvalue weighted by Crippen LogP contribution is 2.22. The molecule has 1 amide bonds. The normalized spacial score (nSPS) is 14.7. The molecule has 0 saturated carbocycles. The second-order valence-electron chi connectivity index (χ2n) is 5.69. The maximum Gasteiger partial charge on any atom is 0.225 e. The van der Waals surface area contributed by atoms with Gasteiger partial charge in [0, 0.05) is 24.2 Å². The molecule has 0 saturated heterocycles. The van der Waals surface area contributed by atoms with Crippen LogP contribution in [0.4, 0.5) is 0 Å². The van der Waals surface area contributed by atoms with Crippen molar-refractivity contribution in [1.29, 1.82) is 0 Å². The van der Waals surface area contributed by atoms with E-state index in [0.717, 1.165) is 38.1 Å². The first-order valence-corrected chi connectivity index (χ1v) is 8.80. The Labute approximate surface area is 135 Å². The Kier molecular flexibility index (Phi) is 8.63. The summed E-state index contributed by atoms with van der Waals surface area (Å²) >= 11 is 0. The number of carbonyl (C=O) groups is 1. The van der Waals surface area contributed by atoms with Crippen LogP contribution in [-0.2, 0) is 4.79 Å². The van der Waals surface area contributed by atoms with Gasteiger partial charge in [0.2, 0.25) is 5.91 Å². The van der Waals surface area contributed by atoms with Crippen molar-refractivity contribution in [3.63, 3.8) is 0 Å². The lowest BCUT2D eigenvalue weighted by Crippen LogP contribution is -2.44. The third-order valence-electron chi connectivity index (χ3n) is 3.91. The topological polar surface area (TPSA) is 56.7 Å². The molecule has 1 rings (SSSR count). The minimum Gasteiger partial charge on any atom is -0.309 e. The van der Waals surface area contributed by atoms with Gasteiger partial charge in [0.25, 0.3) is 0 Å². The van der Waals surface area contributed by atoms with Gasteiger partial charge in [0.15, 0.2) is 5.84 Å². The summed E-state index contributed by atoms with van der Waals surface area (Å²) in [6.07, 6.45) is 8.18. The van der Waals surface area contributed by atoms with E-state index in [4.69, 9.17) is 0 Å². The Morgan fingerprint density at radius 2 is 1.91 bits per heavy atom. The van der Waals surface area contributed by atoms with Crippen LogP contribution in [0.25, 0.3) is 0 Å². The molecule has 1 heterocycles. The van der Waals surface area contributed by atoms with E-state index in [2.05, 4.69) is 41.7 Å². The number of allylic oxidation sites excluding steroid dienone is 1. The van der Waals surface area contributed by atoms with E-state index < -0.39 is 0 Å². The van der Waals surface area contributed by atoms with Gasteiger partial charge < -0.3 is 5.32 Å². The summed E-state index contributed by atoms with van der Waals surface area (Å²) in [5.41, 5.74) is 5.50. The van der Waals surface area contributed by atoms with Crippen LogP contribution in [0.1, 0.15) is 79.1 Å². The third kappa shape index (κ3) is 5.35. The largest absolute Gasteiger partial charge is 0.309 e. The molecule has 0 aromatic carbocycles. The summed E-state index contributed by atoms with van der Waals surface area (Å²) < 4.78 is 0. The van der Waals surface area contributed by atoms with E-state index >= 15 is 0 Å². The standard InChI is InChI=1S/C17H32N4O/c1-5-9-10-11-13-14-15(7-3)21(8-4)20-19-17(14)18-16(22)12-6-2/h20H,5-13H2,1-4H3,(H,18,19,22). The lowest BCUT2D eigenvalue weighted by molar-refractivity contribution is -0.119. The summed E-state index contributed by atoms with van der Waals surface area (Å²) in [6.45, 7) is 9.35. The lowest BCUT2D eigenvalue weighted by Gasteiger charge is -2.32. The smallest absolute Gasteiger partial charge is 0.225 e. The molecule has 5 nitrogen and oxygen atoms in total. The van der Waals surface area contributed by atoms with Crippen LogP contribution in [0, 0.1) is 0 Å². The van der Waals surface area contributed by atoms with E-state index in [-0.39, 0.29) is 5.91 Å². The summed E-state index contributed by atoms with van der Waals surface area (Å²) in [4.78, 5) is 11.9. The Balaban J connectivity index is 2.85. The molecule has 0 radical (unpaired) electrons. The average Bonchev–Trinajstić information content (AvgIpc) is 2.52. The number of hydrogen-bond acceptors (Lipinski definition) is 4. The van der Waals surface area contributed by atoms with Crippen LogP contribution in [0.15, 0.2) is 16.4 Å². The minimum atomic E-state index is 0.0505.